The van der Waals surface area contributed by atoms with Gasteiger partial charge in [0.15, 0.2) is 0 Å². The summed E-state index contributed by atoms with van der Waals surface area (Å²) in [5.41, 5.74) is 1.16. The van der Waals surface area contributed by atoms with Crippen LogP contribution >= 0.6 is 0 Å². The molecule has 2 amide bonds. The zero-order valence-electron chi connectivity index (χ0n) is 14.8. The average Bonchev–Trinajstić information content (AvgIpc) is 2.91. The van der Waals surface area contributed by atoms with Crippen molar-refractivity contribution >= 4 is 11.8 Å². The number of fused-ring (bicyclic) bond motifs is 4. The molecule has 2 atom stereocenters. The predicted molar refractivity (Wildman–Crippen MR) is 94.7 cm³/mol. The van der Waals surface area contributed by atoms with Gasteiger partial charge < -0.3 is 9.80 Å². The molecular weight excluding hydrogens is 314 g/mol. The molecule has 4 heterocycles. The second-order valence-corrected chi connectivity index (χ2v) is 7.87. The van der Waals surface area contributed by atoms with Crippen molar-refractivity contribution in [3.05, 3.63) is 30.1 Å². The van der Waals surface area contributed by atoms with Gasteiger partial charge in [0.1, 0.15) is 0 Å². The summed E-state index contributed by atoms with van der Waals surface area (Å²) in [6.45, 7) is 2.42. The van der Waals surface area contributed by atoms with Crippen molar-refractivity contribution in [2.24, 2.45) is 11.8 Å². The van der Waals surface area contributed by atoms with Crippen LogP contribution < -0.4 is 0 Å². The third-order valence-corrected chi connectivity index (χ3v) is 6.18. The van der Waals surface area contributed by atoms with Crippen LogP contribution in [0.2, 0.25) is 0 Å². The highest BCUT2D eigenvalue weighted by Gasteiger charge is 2.40. The van der Waals surface area contributed by atoms with E-state index in [0.717, 1.165) is 57.3 Å². The normalized spacial score (nSPS) is 26.2. The smallest absolute Gasteiger partial charge is 0.225 e. The van der Waals surface area contributed by atoms with Gasteiger partial charge in [0, 0.05) is 50.4 Å². The third kappa shape index (κ3) is 3.55. The summed E-state index contributed by atoms with van der Waals surface area (Å²) in [6.07, 6.45) is 10.3. The number of pyridine rings is 1. The van der Waals surface area contributed by atoms with Gasteiger partial charge in [-0.3, -0.25) is 14.6 Å². The van der Waals surface area contributed by atoms with E-state index in [0.29, 0.717) is 18.2 Å². The van der Waals surface area contributed by atoms with Gasteiger partial charge in [-0.05, 0) is 55.7 Å². The van der Waals surface area contributed by atoms with E-state index in [2.05, 4.69) is 14.8 Å². The highest BCUT2D eigenvalue weighted by molar-refractivity contribution is 5.80. The van der Waals surface area contributed by atoms with E-state index in [1.807, 2.05) is 12.1 Å². The van der Waals surface area contributed by atoms with Crippen molar-refractivity contribution < 1.29 is 9.59 Å². The number of hydrogen-bond acceptors (Lipinski definition) is 3. The van der Waals surface area contributed by atoms with Crippen LogP contribution in [-0.4, -0.2) is 52.3 Å². The van der Waals surface area contributed by atoms with Crippen LogP contribution in [0.15, 0.2) is 24.5 Å². The summed E-state index contributed by atoms with van der Waals surface area (Å²) in [6, 6.07) is 4.16. The number of aromatic nitrogens is 1. The summed E-state index contributed by atoms with van der Waals surface area (Å²) >= 11 is 0. The Morgan fingerprint density at radius 3 is 2.56 bits per heavy atom. The topological polar surface area (TPSA) is 53.5 Å². The van der Waals surface area contributed by atoms with Crippen molar-refractivity contribution in [3.63, 3.8) is 0 Å². The van der Waals surface area contributed by atoms with E-state index >= 15 is 0 Å². The largest absolute Gasteiger partial charge is 0.340 e. The fourth-order valence-corrected chi connectivity index (χ4v) is 4.43. The molecule has 5 rings (SSSR count). The molecule has 0 N–H and O–H groups in total. The van der Waals surface area contributed by atoms with E-state index in [-0.39, 0.29) is 17.9 Å². The van der Waals surface area contributed by atoms with Crippen molar-refractivity contribution in [1.82, 2.24) is 14.8 Å². The third-order valence-electron chi connectivity index (χ3n) is 6.18. The second kappa shape index (κ2) is 7.14. The van der Waals surface area contributed by atoms with Crippen molar-refractivity contribution in [1.29, 1.82) is 0 Å². The number of hydrogen-bond donors (Lipinski definition) is 0. The Kier molecular flexibility index (Phi) is 4.73. The first-order chi connectivity index (χ1) is 12.2. The number of amides is 2. The Morgan fingerprint density at radius 2 is 1.84 bits per heavy atom. The summed E-state index contributed by atoms with van der Waals surface area (Å²) in [7, 11) is 0. The summed E-state index contributed by atoms with van der Waals surface area (Å²) in [4.78, 5) is 33.6. The van der Waals surface area contributed by atoms with Gasteiger partial charge in [-0.2, -0.15) is 0 Å². The monoisotopic (exact) mass is 341 g/mol. The molecule has 1 aromatic heterocycles. The number of nitrogens with zero attached hydrogens (tertiary/aromatic N) is 3. The first-order valence-electron chi connectivity index (χ1n) is 9.68. The number of piperidine rings is 1. The van der Waals surface area contributed by atoms with Crippen molar-refractivity contribution in [2.45, 2.75) is 51.0 Å². The first kappa shape index (κ1) is 16.6. The maximum absolute atomic E-state index is 12.8. The minimum absolute atomic E-state index is 0.215. The van der Waals surface area contributed by atoms with Crippen LogP contribution in [0, 0.1) is 11.8 Å². The molecule has 4 aliphatic rings. The van der Waals surface area contributed by atoms with Gasteiger partial charge in [-0.1, -0.05) is 6.42 Å². The molecule has 0 unspecified atom stereocenters. The van der Waals surface area contributed by atoms with Crippen LogP contribution in [0.4, 0.5) is 0 Å². The van der Waals surface area contributed by atoms with E-state index in [4.69, 9.17) is 0 Å². The molecule has 3 aliphatic heterocycles. The molecule has 0 spiro atoms. The van der Waals surface area contributed by atoms with Gasteiger partial charge in [0.05, 0.1) is 0 Å². The lowest BCUT2D eigenvalue weighted by Gasteiger charge is -2.36. The molecule has 25 heavy (non-hydrogen) atoms. The Morgan fingerprint density at radius 1 is 1.04 bits per heavy atom. The molecule has 1 saturated carbocycles. The standard InChI is InChI=1S/C20H27N3O2/c24-19(7-5-15-8-10-21-11-9-15)23-13-16-4-6-18(23)14-22(12-16)20(25)17-2-1-3-17/h8-11,16-18H,1-7,12-14H2/t16-,18+/m1/s1. The van der Waals surface area contributed by atoms with Gasteiger partial charge in [0.2, 0.25) is 11.8 Å². The summed E-state index contributed by atoms with van der Waals surface area (Å²) in [5.74, 6) is 1.29. The lowest BCUT2D eigenvalue weighted by molar-refractivity contribution is -0.140. The Bertz CT molecular complexity index is 629. The van der Waals surface area contributed by atoms with E-state index < -0.39 is 0 Å². The van der Waals surface area contributed by atoms with Crippen LogP contribution in [0.25, 0.3) is 0 Å². The van der Waals surface area contributed by atoms with Gasteiger partial charge in [-0.25, -0.2) is 0 Å². The fraction of sp³-hybridized carbons (Fsp3) is 0.650. The van der Waals surface area contributed by atoms with E-state index in [1.165, 1.54) is 6.42 Å². The molecule has 1 aromatic rings. The Hall–Kier alpha value is -1.91. The SMILES string of the molecule is O=C(C1CCC1)N1C[C@H]2CC[C@@H](C1)N(C(=O)CCc1ccncc1)C2. The lowest BCUT2D eigenvalue weighted by atomic mass is 9.84. The zero-order chi connectivity index (χ0) is 17.2. The summed E-state index contributed by atoms with van der Waals surface area (Å²) < 4.78 is 0. The number of aryl methyl sites for hydroxylation is 1. The minimum Gasteiger partial charge on any atom is -0.340 e. The number of rotatable bonds is 4. The van der Waals surface area contributed by atoms with Crippen LogP contribution in [0.1, 0.15) is 44.1 Å². The summed E-state index contributed by atoms with van der Waals surface area (Å²) in [5, 5.41) is 0. The molecule has 0 aromatic carbocycles. The van der Waals surface area contributed by atoms with E-state index in [1.54, 1.807) is 12.4 Å². The molecule has 0 radical (unpaired) electrons. The highest BCUT2D eigenvalue weighted by Crippen LogP contribution is 2.33. The molecule has 1 aliphatic carbocycles. The number of carbonyl (C=O) groups is 2. The highest BCUT2D eigenvalue weighted by atomic mass is 16.2. The molecule has 3 saturated heterocycles. The molecule has 4 fully saturated rings. The van der Waals surface area contributed by atoms with Crippen molar-refractivity contribution in [3.8, 4) is 0 Å². The molecule has 134 valence electrons. The Labute approximate surface area is 149 Å². The maximum atomic E-state index is 12.8. The predicted octanol–water partition coefficient (Wildman–Crippen LogP) is 2.26. The van der Waals surface area contributed by atoms with Gasteiger partial charge in [0.25, 0.3) is 0 Å². The maximum Gasteiger partial charge on any atom is 0.225 e. The molecule has 2 bridgehead atoms. The number of carbonyl (C=O) groups excluding carboxylic acids is 2. The van der Waals surface area contributed by atoms with Crippen LogP contribution in [-0.2, 0) is 16.0 Å². The van der Waals surface area contributed by atoms with Gasteiger partial charge in [-0.15, -0.1) is 0 Å². The fourth-order valence-electron chi connectivity index (χ4n) is 4.43. The van der Waals surface area contributed by atoms with Gasteiger partial charge >= 0.3 is 0 Å². The minimum atomic E-state index is 0.215. The first-order valence-corrected chi connectivity index (χ1v) is 9.68. The second-order valence-electron chi connectivity index (χ2n) is 7.87. The van der Waals surface area contributed by atoms with Crippen LogP contribution in [0.5, 0.6) is 0 Å². The molecular formula is C20H27N3O2. The molecule has 5 nitrogen and oxygen atoms in total. The molecule has 5 heteroatoms. The average molecular weight is 341 g/mol. The zero-order valence-corrected chi connectivity index (χ0v) is 14.8. The quantitative estimate of drug-likeness (QED) is 0.844. The van der Waals surface area contributed by atoms with Crippen molar-refractivity contribution in [2.75, 3.05) is 19.6 Å². The lowest BCUT2D eigenvalue weighted by Crippen LogP contribution is -2.48. The Balaban J connectivity index is 1.38. The van der Waals surface area contributed by atoms with Crippen LogP contribution in [0.3, 0.4) is 0 Å². The van der Waals surface area contributed by atoms with E-state index in [9.17, 15) is 9.59 Å².